The van der Waals surface area contributed by atoms with Crippen molar-refractivity contribution in [3.63, 3.8) is 0 Å². The van der Waals surface area contributed by atoms with Gasteiger partial charge in [0, 0.05) is 18.7 Å². The molecule has 136 valence electrons. The number of hydrogen-bond acceptors (Lipinski definition) is 3. The van der Waals surface area contributed by atoms with Gasteiger partial charge in [0.05, 0.1) is 6.54 Å². The van der Waals surface area contributed by atoms with Crippen LogP contribution >= 0.6 is 0 Å². The van der Waals surface area contributed by atoms with Gasteiger partial charge in [-0.25, -0.2) is 0 Å². The lowest BCUT2D eigenvalue weighted by atomic mass is 10.1. The molecule has 1 saturated heterocycles. The highest BCUT2D eigenvalue weighted by Gasteiger charge is 2.14. The number of nitrogens with zero attached hydrogens (tertiary/aromatic N) is 1. The summed E-state index contributed by atoms with van der Waals surface area (Å²) in [5.74, 6) is -0.430. The Hall–Kier alpha value is -2.66. The van der Waals surface area contributed by atoms with Crippen molar-refractivity contribution >= 4 is 11.8 Å². The zero-order chi connectivity index (χ0) is 18.2. The fourth-order valence-electron chi connectivity index (χ4n) is 3.17. The molecule has 5 nitrogen and oxygen atoms in total. The summed E-state index contributed by atoms with van der Waals surface area (Å²) in [5, 5.41) is 5.55. The average Bonchev–Trinajstić information content (AvgIpc) is 3.19. The molecule has 0 aromatic heterocycles. The average molecular weight is 351 g/mol. The van der Waals surface area contributed by atoms with E-state index in [1.54, 1.807) is 24.3 Å². The minimum Gasteiger partial charge on any atom is -0.350 e. The summed E-state index contributed by atoms with van der Waals surface area (Å²) in [6, 6.07) is 17.1. The molecule has 0 aliphatic carbocycles. The first kappa shape index (κ1) is 18.1. The molecule has 0 saturated carbocycles. The summed E-state index contributed by atoms with van der Waals surface area (Å²) < 4.78 is 0. The van der Waals surface area contributed by atoms with E-state index >= 15 is 0 Å². The van der Waals surface area contributed by atoms with E-state index in [4.69, 9.17) is 0 Å². The van der Waals surface area contributed by atoms with Gasteiger partial charge in [-0.3, -0.25) is 14.5 Å². The summed E-state index contributed by atoms with van der Waals surface area (Å²) in [4.78, 5) is 26.5. The Bertz CT molecular complexity index is 740. The summed E-state index contributed by atoms with van der Waals surface area (Å²) in [6.45, 7) is 3.67. The zero-order valence-corrected chi connectivity index (χ0v) is 14.9. The topological polar surface area (TPSA) is 61.4 Å². The lowest BCUT2D eigenvalue weighted by Gasteiger charge is -2.17. The molecular formula is C21H25N3O2. The minimum atomic E-state index is -0.241. The molecule has 2 amide bonds. The second kappa shape index (κ2) is 9.15. The van der Waals surface area contributed by atoms with Crippen molar-refractivity contribution in [2.75, 3.05) is 19.6 Å². The van der Waals surface area contributed by atoms with Crippen LogP contribution in [0.3, 0.4) is 0 Å². The van der Waals surface area contributed by atoms with Crippen LogP contribution in [0.1, 0.15) is 34.3 Å². The number of likely N-dealkylation sites (tertiary alicyclic amines) is 1. The van der Waals surface area contributed by atoms with Gasteiger partial charge in [-0.05, 0) is 49.2 Å². The Morgan fingerprint density at radius 1 is 0.846 bits per heavy atom. The van der Waals surface area contributed by atoms with E-state index < -0.39 is 0 Å². The smallest absolute Gasteiger partial charge is 0.251 e. The first-order valence-corrected chi connectivity index (χ1v) is 9.11. The maximum absolute atomic E-state index is 12.1. The van der Waals surface area contributed by atoms with Crippen LogP contribution < -0.4 is 10.6 Å². The second-order valence-electron chi connectivity index (χ2n) is 6.58. The molecule has 0 radical (unpaired) electrons. The van der Waals surface area contributed by atoms with Gasteiger partial charge >= 0.3 is 0 Å². The van der Waals surface area contributed by atoms with Gasteiger partial charge in [-0.15, -0.1) is 0 Å². The number of amides is 2. The monoisotopic (exact) mass is 351 g/mol. The molecule has 1 heterocycles. The molecule has 2 N–H and O–H groups in total. The largest absolute Gasteiger partial charge is 0.350 e. The van der Waals surface area contributed by atoms with Crippen molar-refractivity contribution in [1.82, 2.24) is 15.5 Å². The lowest BCUT2D eigenvalue weighted by molar-refractivity contribution is -0.120. The molecule has 0 atom stereocenters. The van der Waals surface area contributed by atoms with Crippen molar-refractivity contribution in [2.24, 2.45) is 0 Å². The SMILES string of the molecule is O=C(CNC(=O)c1ccccc1)NCc1ccccc1CN1CCCC1. The Morgan fingerprint density at radius 2 is 1.50 bits per heavy atom. The molecule has 3 rings (SSSR count). The molecule has 26 heavy (non-hydrogen) atoms. The van der Waals surface area contributed by atoms with Crippen molar-refractivity contribution in [2.45, 2.75) is 25.9 Å². The normalized spacial score (nSPS) is 14.2. The van der Waals surface area contributed by atoms with Crippen LogP contribution in [0.4, 0.5) is 0 Å². The molecule has 1 fully saturated rings. The van der Waals surface area contributed by atoms with E-state index in [1.807, 2.05) is 24.3 Å². The van der Waals surface area contributed by atoms with Crippen LogP contribution in [0.15, 0.2) is 54.6 Å². The minimum absolute atomic E-state index is 0.0258. The third-order valence-corrected chi connectivity index (χ3v) is 4.63. The quantitative estimate of drug-likeness (QED) is 0.805. The number of carbonyl (C=O) groups excluding carboxylic acids is 2. The molecule has 1 aliphatic rings. The Kier molecular flexibility index (Phi) is 6.39. The molecule has 2 aromatic rings. The Balaban J connectivity index is 1.47. The first-order valence-electron chi connectivity index (χ1n) is 9.11. The standard InChI is InChI=1S/C21H25N3O2/c25-20(15-23-21(26)17-8-2-1-3-9-17)22-14-18-10-4-5-11-19(18)16-24-12-6-7-13-24/h1-5,8-11H,6-7,12-16H2,(H,22,25)(H,23,26). The predicted molar refractivity (Wildman–Crippen MR) is 102 cm³/mol. The predicted octanol–water partition coefficient (Wildman–Crippen LogP) is 2.33. The summed E-state index contributed by atoms with van der Waals surface area (Å²) >= 11 is 0. The van der Waals surface area contributed by atoms with Gasteiger partial charge in [0.15, 0.2) is 0 Å². The second-order valence-corrected chi connectivity index (χ2v) is 6.58. The van der Waals surface area contributed by atoms with E-state index in [2.05, 4.69) is 21.6 Å². The molecule has 5 heteroatoms. The molecule has 0 spiro atoms. The zero-order valence-electron chi connectivity index (χ0n) is 14.9. The van der Waals surface area contributed by atoms with Crippen LogP contribution in [-0.2, 0) is 17.9 Å². The summed E-state index contributed by atoms with van der Waals surface area (Å²) in [5.41, 5.74) is 2.93. The number of rotatable bonds is 7. The van der Waals surface area contributed by atoms with Gasteiger partial charge in [0.2, 0.25) is 5.91 Å². The van der Waals surface area contributed by atoms with E-state index in [-0.39, 0.29) is 18.4 Å². The number of hydrogen-bond donors (Lipinski definition) is 2. The van der Waals surface area contributed by atoms with Crippen LogP contribution in [0.25, 0.3) is 0 Å². The van der Waals surface area contributed by atoms with E-state index in [0.29, 0.717) is 12.1 Å². The summed E-state index contributed by atoms with van der Waals surface area (Å²) in [7, 11) is 0. The van der Waals surface area contributed by atoms with Crippen LogP contribution in [0.5, 0.6) is 0 Å². The number of benzene rings is 2. The summed E-state index contributed by atoms with van der Waals surface area (Å²) in [6.07, 6.45) is 2.53. The van der Waals surface area contributed by atoms with Crippen LogP contribution in [0.2, 0.25) is 0 Å². The van der Waals surface area contributed by atoms with Gasteiger partial charge < -0.3 is 10.6 Å². The fraction of sp³-hybridized carbons (Fsp3) is 0.333. The van der Waals surface area contributed by atoms with Crippen LogP contribution in [-0.4, -0.2) is 36.3 Å². The van der Waals surface area contributed by atoms with Gasteiger partial charge in [0.25, 0.3) is 5.91 Å². The highest BCUT2D eigenvalue weighted by Crippen LogP contribution is 2.16. The van der Waals surface area contributed by atoms with E-state index in [1.165, 1.54) is 18.4 Å². The van der Waals surface area contributed by atoms with Crippen molar-refractivity contribution in [3.05, 3.63) is 71.3 Å². The third kappa shape index (κ3) is 5.17. The molecule has 0 bridgehead atoms. The highest BCUT2D eigenvalue weighted by molar-refractivity contribution is 5.96. The molecule has 1 aliphatic heterocycles. The first-order chi connectivity index (χ1) is 12.7. The fourth-order valence-corrected chi connectivity index (χ4v) is 3.17. The van der Waals surface area contributed by atoms with Crippen molar-refractivity contribution < 1.29 is 9.59 Å². The highest BCUT2D eigenvalue weighted by atomic mass is 16.2. The van der Waals surface area contributed by atoms with Gasteiger partial charge in [0.1, 0.15) is 0 Å². The van der Waals surface area contributed by atoms with Gasteiger partial charge in [-0.1, -0.05) is 42.5 Å². The Morgan fingerprint density at radius 3 is 2.23 bits per heavy atom. The number of nitrogens with one attached hydrogen (secondary N) is 2. The lowest BCUT2D eigenvalue weighted by Crippen LogP contribution is -2.36. The molecule has 0 unspecified atom stereocenters. The van der Waals surface area contributed by atoms with Crippen molar-refractivity contribution in [3.8, 4) is 0 Å². The van der Waals surface area contributed by atoms with E-state index in [0.717, 1.165) is 25.2 Å². The van der Waals surface area contributed by atoms with E-state index in [9.17, 15) is 9.59 Å². The molecular weight excluding hydrogens is 326 g/mol. The van der Waals surface area contributed by atoms with Crippen molar-refractivity contribution in [1.29, 1.82) is 0 Å². The third-order valence-electron chi connectivity index (χ3n) is 4.63. The maximum atomic E-state index is 12.1. The van der Waals surface area contributed by atoms with Crippen LogP contribution in [0, 0.1) is 0 Å². The van der Waals surface area contributed by atoms with Gasteiger partial charge in [-0.2, -0.15) is 0 Å². The molecule has 2 aromatic carbocycles. The Labute approximate surface area is 154 Å². The number of carbonyl (C=O) groups is 2. The maximum Gasteiger partial charge on any atom is 0.251 e.